The van der Waals surface area contributed by atoms with E-state index < -0.39 is 5.91 Å². The molecule has 0 radical (unpaired) electrons. The van der Waals surface area contributed by atoms with Crippen LogP contribution in [0.4, 0.5) is 5.69 Å². The summed E-state index contributed by atoms with van der Waals surface area (Å²) in [6.45, 7) is 2.35. The number of hydrogen-bond donors (Lipinski definition) is 1. The van der Waals surface area contributed by atoms with Crippen molar-refractivity contribution in [3.8, 4) is 5.75 Å². The zero-order chi connectivity index (χ0) is 18.8. The van der Waals surface area contributed by atoms with Crippen LogP contribution in [0.1, 0.15) is 17.3 Å². The number of hydrogen-bond acceptors (Lipinski definition) is 3. The van der Waals surface area contributed by atoms with Crippen molar-refractivity contribution in [3.05, 3.63) is 68.4 Å². The van der Waals surface area contributed by atoms with Gasteiger partial charge >= 0.3 is 0 Å². The van der Waals surface area contributed by atoms with Crippen molar-refractivity contribution in [2.45, 2.75) is 6.92 Å². The summed E-state index contributed by atoms with van der Waals surface area (Å²) in [5.41, 5.74) is 0.671. The lowest BCUT2D eigenvalue weighted by Crippen LogP contribution is -2.23. The van der Waals surface area contributed by atoms with Crippen LogP contribution in [-0.2, 0) is 7.05 Å². The van der Waals surface area contributed by atoms with Crippen molar-refractivity contribution in [1.29, 1.82) is 0 Å². The van der Waals surface area contributed by atoms with Gasteiger partial charge in [-0.25, -0.2) is 0 Å². The molecule has 2 aromatic carbocycles. The fraction of sp³-hybridized carbons (Fsp3) is 0.158. The first-order chi connectivity index (χ1) is 12.4. The zero-order valence-electron chi connectivity index (χ0n) is 14.2. The number of pyridine rings is 1. The summed E-state index contributed by atoms with van der Waals surface area (Å²) in [5, 5.41) is 3.81. The van der Waals surface area contributed by atoms with E-state index in [1.165, 1.54) is 12.3 Å². The molecular weight excluding hydrogens is 375 g/mol. The van der Waals surface area contributed by atoms with E-state index in [4.69, 9.17) is 27.9 Å². The lowest BCUT2D eigenvalue weighted by molar-refractivity contribution is 0.102. The first kappa shape index (κ1) is 18.3. The van der Waals surface area contributed by atoms with Gasteiger partial charge in [0.05, 0.1) is 28.2 Å². The van der Waals surface area contributed by atoms with Crippen LogP contribution >= 0.6 is 23.2 Å². The van der Waals surface area contributed by atoms with Gasteiger partial charge in [0.15, 0.2) is 0 Å². The number of nitrogens with one attached hydrogen (secondary N) is 1. The molecule has 7 heteroatoms. The second kappa shape index (κ2) is 7.40. The van der Waals surface area contributed by atoms with Gasteiger partial charge in [-0.3, -0.25) is 9.59 Å². The molecule has 0 aliphatic rings. The smallest absolute Gasteiger partial charge is 0.261 e. The Labute approximate surface area is 160 Å². The molecule has 0 atom stereocenters. The average molecular weight is 391 g/mol. The van der Waals surface area contributed by atoms with E-state index in [9.17, 15) is 9.59 Å². The fourth-order valence-corrected chi connectivity index (χ4v) is 3.01. The summed E-state index contributed by atoms with van der Waals surface area (Å²) in [6.07, 6.45) is 1.50. The van der Waals surface area contributed by atoms with Gasteiger partial charge in [0.1, 0.15) is 11.3 Å². The third-order valence-corrected chi connectivity index (χ3v) is 4.46. The standard InChI is InChI=1S/C19H16Cl2N2O3/c1-3-26-12-5-7-17-13(9-12)18(24)14(10-23(17)2)19(25)22-16-8-11(20)4-6-15(16)21/h4-10H,3H2,1-2H3,(H,22,25). The molecule has 1 aromatic heterocycles. The Morgan fingerprint density at radius 1 is 1.19 bits per heavy atom. The predicted octanol–water partition coefficient (Wildman–Crippen LogP) is 4.50. The highest BCUT2D eigenvalue weighted by molar-refractivity contribution is 6.35. The largest absolute Gasteiger partial charge is 0.494 e. The molecule has 0 unspecified atom stereocenters. The second-order valence-electron chi connectivity index (χ2n) is 5.67. The van der Waals surface area contributed by atoms with E-state index in [1.807, 2.05) is 6.92 Å². The number of rotatable bonds is 4. The van der Waals surface area contributed by atoms with E-state index in [-0.39, 0.29) is 11.0 Å². The summed E-state index contributed by atoms with van der Waals surface area (Å²) in [7, 11) is 1.77. The molecule has 5 nitrogen and oxygen atoms in total. The summed E-state index contributed by atoms with van der Waals surface area (Å²) in [4.78, 5) is 25.5. The molecule has 0 fully saturated rings. The second-order valence-corrected chi connectivity index (χ2v) is 6.52. The molecule has 1 heterocycles. The van der Waals surface area contributed by atoms with Crippen molar-refractivity contribution < 1.29 is 9.53 Å². The Bertz CT molecular complexity index is 1060. The van der Waals surface area contributed by atoms with Gasteiger partial charge in [-0.1, -0.05) is 23.2 Å². The number of anilines is 1. The monoisotopic (exact) mass is 390 g/mol. The average Bonchev–Trinajstić information content (AvgIpc) is 2.61. The number of aromatic nitrogens is 1. The number of carbonyl (C=O) groups is 1. The molecule has 1 amide bonds. The summed E-state index contributed by atoms with van der Waals surface area (Å²) < 4.78 is 7.18. The maximum absolute atomic E-state index is 12.8. The Morgan fingerprint density at radius 3 is 2.69 bits per heavy atom. The van der Waals surface area contributed by atoms with Gasteiger partial charge in [-0.05, 0) is 43.3 Å². The van der Waals surface area contributed by atoms with E-state index in [2.05, 4.69) is 5.32 Å². The molecule has 26 heavy (non-hydrogen) atoms. The lowest BCUT2D eigenvalue weighted by atomic mass is 10.1. The van der Waals surface area contributed by atoms with Crippen LogP contribution in [0.25, 0.3) is 10.9 Å². The Kier molecular flexibility index (Phi) is 5.20. The van der Waals surface area contributed by atoms with Gasteiger partial charge in [0, 0.05) is 18.3 Å². The number of carbonyl (C=O) groups excluding carboxylic acids is 1. The van der Waals surface area contributed by atoms with Gasteiger partial charge in [-0.2, -0.15) is 0 Å². The minimum Gasteiger partial charge on any atom is -0.494 e. The molecule has 3 rings (SSSR count). The molecule has 0 bridgehead atoms. The molecule has 134 valence electrons. The van der Waals surface area contributed by atoms with E-state index in [0.29, 0.717) is 39.0 Å². The van der Waals surface area contributed by atoms with Crippen LogP contribution in [0.5, 0.6) is 5.75 Å². The molecule has 0 aliphatic carbocycles. The van der Waals surface area contributed by atoms with Gasteiger partial charge in [0.25, 0.3) is 5.91 Å². The number of benzene rings is 2. The van der Waals surface area contributed by atoms with E-state index in [1.54, 1.807) is 41.9 Å². The maximum atomic E-state index is 12.8. The van der Waals surface area contributed by atoms with Crippen molar-refractivity contribution in [3.63, 3.8) is 0 Å². The minimum atomic E-state index is -0.557. The molecular formula is C19H16Cl2N2O3. The van der Waals surface area contributed by atoms with Gasteiger partial charge in [-0.15, -0.1) is 0 Å². The normalized spacial score (nSPS) is 10.8. The first-order valence-corrected chi connectivity index (χ1v) is 8.69. The Morgan fingerprint density at radius 2 is 1.96 bits per heavy atom. The Balaban J connectivity index is 2.06. The highest BCUT2D eigenvalue weighted by Crippen LogP contribution is 2.26. The molecule has 3 aromatic rings. The number of amides is 1. The first-order valence-electron chi connectivity index (χ1n) is 7.93. The number of aryl methyl sites for hydroxylation is 1. The highest BCUT2D eigenvalue weighted by atomic mass is 35.5. The van der Waals surface area contributed by atoms with Crippen LogP contribution in [0.3, 0.4) is 0 Å². The SMILES string of the molecule is CCOc1ccc2c(c1)c(=O)c(C(=O)Nc1cc(Cl)ccc1Cl)cn2C. The summed E-state index contributed by atoms with van der Waals surface area (Å²) >= 11 is 12.0. The molecule has 0 saturated heterocycles. The number of halogens is 2. The van der Waals surface area contributed by atoms with Crippen LogP contribution < -0.4 is 15.5 Å². The van der Waals surface area contributed by atoms with Gasteiger partial charge in [0.2, 0.25) is 5.43 Å². The van der Waals surface area contributed by atoms with Crippen molar-refractivity contribution in [2.24, 2.45) is 7.05 Å². The van der Waals surface area contributed by atoms with Crippen molar-refractivity contribution in [1.82, 2.24) is 4.57 Å². The highest BCUT2D eigenvalue weighted by Gasteiger charge is 2.16. The number of fused-ring (bicyclic) bond motifs is 1. The third-order valence-electron chi connectivity index (χ3n) is 3.89. The number of nitrogens with zero attached hydrogens (tertiary/aromatic N) is 1. The van der Waals surface area contributed by atoms with Crippen LogP contribution in [-0.4, -0.2) is 17.1 Å². The summed E-state index contributed by atoms with van der Waals surface area (Å²) in [6, 6.07) is 9.94. The van der Waals surface area contributed by atoms with Crippen LogP contribution in [0.15, 0.2) is 47.4 Å². The van der Waals surface area contributed by atoms with E-state index in [0.717, 1.165) is 0 Å². The molecule has 0 saturated carbocycles. The van der Waals surface area contributed by atoms with Crippen molar-refractivity contribution >= 4 is 45.7 Å². The molecule has 0 spiro atoms. The number of ether oxygens (including phenoxy) is 1. The lowest BCUT2D eigenvalue weighted by Gasteiger charge is -2.12. The van der Waals surface area contributed by atoms with Crippen molar-refractivity contribution in [2.75, 3.05) is 11.9 Å². The quantitative estimate of drug-likeness (QED) is 0.713. The fourth-order valence-electron chi connectivity index (χ4n) is 2.67. The summed E-state index contributed by atoms with van der Waals surface area (Å²) in [5.74, 6) is 0.0195. The molecule has 0 aliphatic heterocycles. The Hall–Kier alpha value is -2.50. The minimum absolute atomic E-state index is 0.00434. The van der Waals surface area contributed by atoms with Crippen LogP contribution in [0.2, 0.25) is 10.0 Å². The predicted molar refractivity (Wildman–Crippen MR) is 105 cm³/mol. The third kappa shape index (κ3) is 3.54. The zero-order valence-corrected chi connectivity index (χ0v) is 15.7. The van der Waals surface area contributed by atoms with Gasteiger partial charge < -0.3 is 14.6 Å². The van der Waals surface area contributed by atoms with Crippen LogP contribution in [0, 0.1) is 0 Å². The molecule has 1 N–H and O–H groups in total. The topological polar surface area (TPSA) is 60.3 Å². The van der Waals surface area contributed by atoms with E-state index >= 15 is 0 Å². The maximum Gasteiger partial charge on any atom is 0.261 e.